The maximum Gasteiger partial charge on any atom is 0.149 e. The standard InChI is InChI=1S/C12H15F2N/c1-12(2,3)10-5-7-4-8(13)6-9(14)11(7)15-10/h4,6,10,15H,5H2,1-3H3. The highest BCUT2D eigenvalue weighted by molar-refractivity contribution is 5.58. The second kappa shape index (κ2) is 3.19. The van der Waals surface area contributed by atoms with Crippen molar-refractivity contribution in [2.45, 2.75) is 33.2 Å². The third-order valence-corrected chi connectivity index (χ3v) is 2.92. The molecule has 0 bridgehead atoms. The Bertz CT molecular complexity index is 393. The van der Waals surface area contributed by atoms with E-state index in [0.29, 0.717) is 12.1 Å². The van der Waals surface area contributed by atoms with E-state index in [-0.39, 0.29) is 11.5 Å². The quantitative estimate of drug-likeness (QED) is 0.694. The summed E-state index contributed by atoms with van der Waals surface area (Å²) in [5.41, 5.74) is 1.26. The van der Waals surface area contributed by atoms with Crippen LogP contribution in [0.15, 0.2) is 12.1 Å². The molecule has 1 unspecified atom stereocenters. The highest BCUT2D eigenvalue weighted by Crippen LogP contribution is 2.36. The fourth-order valence-corrected chi connectivity index (χ4v) is 1.92. The molecule has 0 fully saturated rings. The molecule has 1 aliphatic heterocycles. The predicted octanol–water partition coefficient (Wildman–Crippen LogP) is 3.35. The summed E-state index contributed by atoms with van der Waals surface area (Å²) >= 11 is 0. The Morgan fingerprint density at radius 3 is 2.53 bits per heavy atom. The normalized spacial score (nSPS) is 19.9. The van der Waals surface area contributed by atoms with Gasteiger partial charge in [-0.25, -0.2) is 8.78 Å². The van der Waals surface area contributed by atoms with Crippen molar-refractivity contribution in [2.24, 2.45) is 5.41 Å². The molecule has 0 aliphatic carbocycles. The van der Waals surface area contributed by atoms with Crippen molar-refractivity contribution < 1.29 is 8.78 Å². The number of benzene rings is 1. The van der Waals surface area contributed by atoms with Crippen molar-refractivity contribution in [1.82, 2.24) is 0 Å². The smallest absolute Gasteiger partial charge is 0.149 e. The molecular formula is C12H15F2N. The van der Waals surface area contributed by atoms with Gasteiger partial charge in [-0.3, -0.25) is 0 Å². The zero-order valence-electron chi connectivity index (χ0n) is 9.20. The van der Waals surface area contributed by atoms with E-state index < -0.39 is 11.6 Å². The molecule has 0 saturated carbocycles. The number of hydrogen-bond donors (Lipinski definition) is 1. The Labute approximate surface area is 88.5 Å². The van der Waals surface area contributed by atoms with E-state index in [1.54, 1.807) is 0 Å². The molecule has 1 nitrogen and oxygen atoms in total. The molecule has 15 heavy (non-hydrogen) atoms. The minimum atomic E-state index is -0.498. The van der Waals surface area contributed by atoms with Gasteiger partial charge in [0, 0.05) is 12.1 Å². The molecule has 1 N–H and O–H groups in total. The van der Waals surface area contributed by atoms with Crippen molar-refractivity contribution in [3.8, 4) is 0 Å². The van der Waals surface area contributed by atoms with Gasteiger partial charge >= 0.3 is 0 Å². The largest absolute Gasteiger partial charge is 0.379 e. The van der Waals surface area contributed by atoms with Crippen LogP contribution in [0.1, 0.15) is 26.3 Å². The van der Waals surface area contributed by atoms with Gasteiger partial charge in [-0.05, 0) is 23.5 Å². The fraction of sp³-hybridized carbons (Fsp3) is 0.500. The molecule has 3 heteroatoms. The number of hydrogen-bond acceptors (Lipinski definition) is 1. The lowest BCUT2D eigenvalue weighted by Crippen LogP contribution is -2.31. The van der Waals surface area contributed by atoms with Gasteiger partial charge in [0.25, 0.3) is 0 Å². The van der Waals surface area contributed by atoms with Crippen molar-refractivity contribution >= 4 is 5.69 Å². The number of rotatable bonds is 0. The second-order valence-electron chi connectivity index (χ2n) is 5.19. The van der Waals surface area contributed by atoms with Crippen LogP contribution in [0, 0.1) is 17.0 Å². The molecule has 82 valence electrons. The monoisotopic (exact) mass is 211 g/mol. The average molecular weight is 211 g/mol. The van der Waals surface area contributed by atoms with Crippen LogP contribution < -0.4 is 5.32 Å². The number of anilines is 1. The minimum Gasteiger partial charge on any atom is -0.379 e. The third kappa shape index (κ3) is 1.83. The van der Waals surface area contributed by atoms with Gasteiger partial charge in [-0.15, -0.1) is 0 Å². The van der Waals surface area contributed by atoms with E-state index in [4.69, 9.17) is 0 Å². The Kier molecular flexibility index (Phi) is 2.21. The highest BCUT2D eigenvalue weighted by atomic mass is 19.1. The maximum atomic E-state index is 13.4. The van der Waals surface area contributed by atoms with Gasteiger partial charge in [0.2, 0.25) is 0 Å². The lowest BCUT2D eigenvalue weighted by molar-refractivity contribution is 0.347. The van der Waals surface area contributed by atoms with E-state index in [2.05, 4.69) is 26.1 Å². The maximum absolute atomic E-state index is 13.4. The first-order valence-electron chi connectivity index (χ1n) is 5.12. The van der Waals surface area contributed by atoms with Crippen LogP contribution in [0.4, 0.5) is 14.5 Å². The lowest BCUT2D eigenvalue weighted by Gasteiger charge is -2.27. The van der Waals surface area contributed by atoms with Crippen LogP contribution in [0.25, 0.3) is 0 Å². The average Bonchev–Trinajstić information content (AvgIpc) is 2.46. The summed E-state index contributed by atoms with van der Waals surface area (Å²) in [5, 5.41) is 3.13. The topological polar surface area (TPSA) is 12.0 Å². The lowest BCUT2D eigenvalue weighted by atomic mass is 9.85. The summed E-state index contributed by atoms with van der Waals surface area (Å²) in [7, 11) is 0. The Hall–Kier alpha value is -1.12. The van der Waals surface area contributed by atoms with Gasteiger partial charge in [-0.2, -0.15) is 0 Å². The van der Waals surface area contributed by atoms with Gasteiger partial charge in [-0.1, -0.05) is 20.8 Å². The summed E-state index contributed by atoms with van der Waals surface area (Å²) in [6, 6.07) is 2.51. The van der Waals surface area contributed by atoms with Crippen LogP contribution in [-0.4, -0.2) is 6.04 Å². The van der Waals surface area contributed by atoms with Crippen LogP contribution in [0.3, 0.4) is 0 Å². The molecule has 1 aromatic rings. The summed E-state index contributed by atoms with van der Waals surface area (Å²) in [5.74, 6) is -0.987. The summed E-state index contributed by atoms with van der Waals surface area (Å²) in [6.07, 6.45) is 0.688. The van der Waals surface area contributed by atoms with Crippen LogP contribution in [0.5, 0.6) is 0 Å². The molecule has 0 saturated heterocycles. The summed E-state index contributed by atoms with van der Waals surface area (Å²) in [4.78, 5) is 0. The predicted molar refractivity (Wildman–Crippen MR) is 56.9 cm³/mol. The zero-order valence-corrected chi connectivity index (χ0v) is 9.20. The first-order valence-corrected chi connectivity index (χ1v) is 5.12. The first kappa shape index (κ1) is 10.4. The number of fused-ring (bicyclic) bond motifs is 1. The van der Waals surface area contributed by atoms with Crippen LogP contribution in [0.2, 0.25) is 0 Å². The van der Waals surface area contributed by atoms with E-state index in [1.807, 2.05) is 0 Å². The second-order valence-corrected chi connectivity index (χ2v) is 5.19. The van der Waals surface area contributed by atoms with E-state index in [0.717, 1.165) is 11.6 Å². The van der Waals surface area contributed by atoms with E-state index >= 15 is 0 Å². The minimum absolute atomic E-state index is 0.0436. The molecule has 0 aromatic heterocycles. The van der Waals surface area contributed by atoms with Gasteiger partial charge in [0.1, 0.15) is 11.6 Å². The number of halogens is 2. The highest BCUT2D eigenvalue weighted by Gasteiger charge is 2.32. The van der Waals surface area contributed by atoms with Crippen molar-refractivity contribution in [3.05, 3.63) is 29.3 Å². The molecule has 0 radical (unpaired) electrons. The summed E-state index contributed by atoms with van der Waals surface area (Å²) in [6.45, 7) is 6.26. The Balaban J connectivity index is 2.35. The van der Waals surface area contributed by atoms with Gasteiger partial charge in [0.05, 0.1) is 5.69 Å². The molecule has 1 heterocycles. The molecule has 0 spiro atoms. The van der Waals surface area contributed by atoms with Crippen LogP contribution >= 0.6 is 0 Å². The van der Waals surface area contributed by atoms with Gasteiger partial charge < -0.3 is 5.32 Å². The van der Waals surface area contributed by atoms with Crippen molar-refractivity contribution in [2.75, 3.05) is 5.32 Å². The number of nitrogens with one attached hydrogen (secondary N) is 1. The van der Waals surface area contributed by atoms with Crippen LogP contribution in [-0.2, 0) is 6.42 Å². The van der Waals surface area contributed by atoms with Crippen molar-refractivity contribution in [3.63, 3.8) is 0 Å². The first-order chi connectivity index (χ1) is 6.88. The van der Waals surface area contributed by atoms with Gasteiger partial charge in [0.15, 0.2) is 0 Å². The molecule has 2 rings (SSSR count). The molecule has 1 aromatic carbocycles. The SMILES string of the molecule is CC(C)(C)C1Cc2cc(F)cc(F)c2N1. The molecule has 0 amide bonds. The van der Waals surface area contributed by atoms with Crippen molar-refractivity contribution in [1.29, 1.82) is 0 Å². The van der Waals surface area contributed by atoms with E-state index in [1.165, 1.54) is 6.07 Å². The Morgan fingerprint density at radius 2 is 1.93 bits per heavy atom. The fourth-order valence-electron chi connectivity index (χ4n) is 1.92. The third-order valence-electron chi connectivity index (χ3n) is 2.92. The molecular weight excluding hydrogens is 196 g/mol. The summed E-state index contributed by atoms with van der Waals surface area (Å²) < 4.78 is 26.4. The zero-order chi connectivity index (χ0) is 11.2. The molecule has 1 atom stereocenters. The van der Waals surface area contributed by atoms with E-state index in [9.17, 15) is 8.78 Å². The Morgan fingerprint density at radius 1 is 1.27 bits per heavy atom. The molecule has 1 aliphatic rings.